The Morgan fingerprint density at radius 2 is 1.89 bits per heavy atom. The van der Waals surface area contributed by atoms with Crippen LogP contribution in [0.5, 0.6) is 0 Å². The van der Waals surface area contributed by atoms with E-state index >= 15 is 0 Å². The zero-order valence-corrected chi connectivity index (χ0v) is 13.5. The van der Waals surface area contributed by atoms with Crippen LogP contribution in [0.25, 0.3) is 0 Å². The smallest absolute Gasteiger partial charge is 0.0724 e. The van der Waals surface area contributed by atoms with Crippen LogP contribution in [0.1, 0.15) is 59.3 Å². The molecule has 1 fully saturated rings. The molecule has 0 aromatic rings. The number of rotatable bonds is 9. The van der Waals surface area contributed by atoms with E-state index in [1.165, 1.54) is 58.2 Å². The van der Waals surface area contributed by atoms with Crippen LogP contribution < -0.4 is 5.32 Å². The van der Waals surface area contributed by atoms with Crippen LogP contribution in [0.3, 0.4) is 0 Å². The fourth-order valence-electron chi connectivity index (χ4n) is 3.18. The van der Waals surface area contributed by atoms with E-state index in [2.05, 4.69) is 31.0 Å². The van der Waals surface area contributed by atoms with Crippen LogP contribution in [0, 0.1) is 0 Å². The minimum Gasteiger partial charge on any atom is -0.380 e. The highest BCUT2D eigenvalue weighted by Crippen LogP contribution is 2.21. The largest absolute Gasteiger partial charge is 0.380 e. The third-order valence-corrected chi connectivity index (χ3v) is 4.51. The Hall–Kier alpha value is -0.120. The summed E-state index contributed by atoms with van der Waals surface area (Å²) in [6.07, 6.45) is 8.17. The topological polar surface area (TPSA) is 24.5 Å². The third kappa shape index (κ3) is 6.24. The van der Waals surface area contributed by atoms with E-state index in [9.17, 15) is 0 Å². The van der Waals surface area contributed by atoms with Crippen molar-refractivity contribution in [2.75, 3.05) is 26.7 Å². The zero-order chi connectivity index (χ0) is 14.1. The number of hydrogen-bond donors (Lipinski definition) is 1. The Morgan fingerprint density at radius 1 is 1.21 bits per heavy atom. The highest BCUT2D eigenvalue weighted by molar-refractivity contribution is 4.83. The summed E-state index contributed by atoms with van der Waals surface area (Å²) >= 11 is 0. The van der Waals surface area contributed by atoms with Crippen LogP contribution >= 0.6 is 0 Å². The van der Waals surface area contributed by atoms with E-state index in [0.29, 0.717) is 18.2 Å². The minimum atomic E-state index is 0.430. The quantitative estimate of drug-likeness (QED) is 0.697. The lowest BCUT2D eigenvalue weighted by molar-refractivity contribution is 0.0379. The van der Waals surface area contributed by atoms with Crippen molar-refractivity contribution in [3.05, 3.63) is 0 Å². The molecule has 0 spiro atoms. The maximum atomic E-state index is 5.61. The average Bonchev–Trinajstić information content (AvgIpc) is 2.44. The standard InChI is InChI=1S/C16H34N2O/c1-5-18(6-2)13-9-10-14(3)17-15-11-7-8-12-16(15)19-4/h14-17H,5-13H2,1-4H3. The molecule has 0 aliphatic heterocycles. The molecular weight excluding hydrogens is 236 g/mol. The summed E-state index contributed by atoms with van der Waals surface area (Å²) in [5.74, 6) is 0. The summed E-state index contributed by atoms with van der Waals surface area (Å²) in [5.41, 5.74) is 0. The van der Waals surface area contributed by atoms with Gasteiger partial charge in [-0.3, -0.25) is 0 Å². The molecule has 3 nitrogen and oxygen atoms in total. The van der Waals surface area contributed by atoms with E-state index in [0.717, 1.165) is 0 Å². The van der Waals surface area contributed by atoms with Crippen molar-refractivity contribution < 1.29 is 4.74 Å². The fraction of sp³-hybridized carbons (Fsp3) is 1.00. The first-order chi connectivity index (χ1) is 9.21. The van der Waals surface area contributed by atoms with Gasteiger partial charge in [0.05, 0.1) is 6.10 Å². The molecule has 0 aromatic carbocycles. The molecule has 0 saturated heterocycles. The molecule has 1 N–H and O–H groups in total. The lowest BCUT2D eigenvalue weighted by Gasteiger charge is -2.33. The molecule has 0 radical (unpaired) electrons. The van der Waals surface area contributed by atoms with Crippen molar-refractivity contribution in [1.82, 2.24) is 10.2 Å². The molecule has 1 rings (SSSR count). The highest BCUT2D eigenvalue weighted by Gasteiger charge is 2.25. The van der Waals surface area contributed by atoms with E-state index < -0.39 is 0 Å². The predicted octanol–water partition coefficient (Wildman–Crippen LogP) is 3.04. The molecule has 0 bridgehead atoms. The van der Waals surface area contributed by atoms with Crippen molar-refractivity contribution in [2.45, 2.75) is 77.5 Å². The van der Waals surface area contributed by atoms with E-state index in [4.69, 9.17) is 4.74 Å². The predicted molar refractivity (Wildman–Crippen MR) is 82.7 cm³/mol. The molecule has 0 aromatic heterocycles. The Kier molecular flexibility index (Phi) is 8.67. The van der Waals surface area contributed by atoms with Gasteiger partial charge in [0.1, 0.15) is 0 Å². The van der Waals surface area contributed by atoms with Crippen molar-refractivity contribution in [1.29, 1.82) is 0 Å². The van der Waals surface area contributed by atoms with Crippen LogP contribution in [0.4, 0.5) is 0 Å². The van der Waals surface area contributed by atoms with E-state index in [1.54, 1.807) is 0 Å². The van der Waals surface area contributed by atoms with Gasteiger partial charge < -0.3 is 15.0 Å². The van der Waals surface area contributed by atoms with Gasteiger partial charge >= 0.3 is 0 Å². The molecule has 1 saturated carbocycles. The third-order valence-electron chi connectivity index (χ3n) is 4.51. The lowest BCUT2D eigenvalue weighted by atomic mass is 9.91. The second-order valence-electron chi connectivity index (χ2n) is 5.90. The Morgan fingerprint density at radius 3 is 2.53 bits per heavy atom. The normalized spacial score (nSPS) is 25.7. The summed E-state index contributed by atoms with van der Waals surface area (Å²) in [7, 11) is 1.86. The van der Waals surface area contributed by atoms with Crippen molar-refractivity contribution >= 4 is 0 Å². The van der Waals surface area contributed by atoms with Gasteiger partial charge in [0, 0.05) is 19.2 Å². The highest BCUT2D eigenvalue weighted by atomic mass is 16.5. The summed E-state index contributed by atoms with van der Waals surface area (Å²) < 4.78 is 5.61. The van der Waals surface area contributed by atoms with Gasteiger partial charge in [-0.05, 0) is 52.2 Å². The van der Waals surface area contributed by atoms with Gasteiger partial charge in [-0.2, -0.15) is 0 Å². The van der Waals surface area contributed by atoms with Crippen LogP contribution in [0.15, 0.2) is 0 Å². The molecule has 3 unspecified atom stereocenters. The molecule has 0 amide bonds. The molecule has 1 aliphatic carbocycles. The Bertz CT molecular complexity index is 219. The number of ether oxygens (including phenoxy) is 1. The first kappa shape index (κ1) is 16.9. The maximum Gasteiger partial charge on any atom is 0.0724 e. The molecule has 19 heavy (non-hydrogen) atoms. The van der Waals surface area contributed by atoms with Gasteiger partial charge in [0.25, 0.3) is 0 Å². The second-order valence-corrected chi connectivity index (χ2v) is 5.90. The van der Waals surface area contributed by atoms with Gasteiger partial charge in [0.2, 0.25) is 0 Å². The monoisotopic (exact) mass is 270 g/mol. The number of nitrogens with zero attached hydrogens (tertiary/aromatic N) is 1. The molecule has 3 atom stereocenters. The summed E-state index contributed by atoms with van der Waals surface area (Å²) in [6, 6.07) is 1.18. The first-order valence-corrected chi connectivity index (χ1v) is 8.22. The van der Waals surface area contributed by atoms with Gasteiger partial charge in [0.15, 0.2) is 0 Å². The van der Waals surface area contributed by atoms with E-state index in [1.807, 2.05) is 7.11 Å². The molecule has 0 heterocycles. The minimum absolute atomic E-state index is 0.430. The number of nitrogens with one attached hydrogen (secondary N) is 1. The Balaban J connectivity index is 2.20. The van der Waals surface area contributed by atoms with Crippen molar-refractivity contribution in [3.8, 4) is 0 Å². The SMILES string of the molecule is CCN(CC)CCCC(C)NC1CCCCC1OC. The number of methoxy groups -OCH3 is 1. The zero-order valence-electron chi connectivity index (χ0n) is 13.5. The number of hydrogen-bond acceptors (Lipinski definition) is 3. The Labute approximate surface area is 120 Å². The first-order valence-electron chi connectivity index (χ1n) is 8.22. The van der Waals surface area contributed by atoms with Crippen LogP contribution in [0.2, 0.25) is 0 Å². The average molecular weight is 270 g/mol. The maximum absolute atomic E-state index is 5.61. The van der Waals surface area contributed by atoms with Gasteiger partial charge in [-0.1, -0.05) is 26.7 Å². The molecule has 114 valence electrons. The van der Waals surface area contributed by atoms with Crippen LogP contribution in [-0.2, 0) is 4.74 Å². The molecule has 1 aliphatic rings. The fourth-order valence-corrected chi connectivity index (χ4v) is 3.18. The van der Waals surface area contributed by atoms with Crippen LogP contribution in [-0.4, -0.2) is 49.8 Å². The van der Waals surface area contributed by atoms with Crippen molar-refractivity contribution in [2.24, 2.45) is 0 Å². The lowest BCUT2D eigenvalue weighted by Crippen LogP contribution is -2.47. The van der Waals surface area contributed by atoms with E-state index in [-0.39, 0.29) is 0 Å². The van der Waals surface area contributed by atoms with Gasteiger partial charge in [-0.15, -0.1) is 0 Å². The second kappa shape index (κ2) is 9.73. The summed E-state index contributed by atoms with van der Waals surface area (Å²) in [5, 5.41) is 3.79. The summed E-state index contributed by atoms with van der Waals surface area (Å²) in [4.78, 5) is 2.51. The van der Waals surface area contributed by atoms with Gasteiger partial charge in [-0.25, -0.2) is 0 Å². The summed E-state index contributed by atoms with van der Waals surface area (Å²) in [6.45, 7) is 10.4. The molecule has 3 heteroatoms. The molecular formula is C16H34N2O. The van der Waals surface area contributed by atoms with Crippen molar-refractivity contribution in [3.63, 3.8) is 0 Å².